The molecule has 0 unspecified atom stereocenters. The van der Waals surface area contributed by atoms with Crippen LogP contribution in [-0.4, -0.2) is 32.7 Å². The van der Waals surface area contributed by atoms with Crippen LogP contribution in [0.3, 0.4) is 0 Å². The summed E-state index contributed by atoms with van der Waals surface area (Å²) in [5, 5.41) is 0. The largest absolute Gasteiger partial charge is 0.469 e. The molecule has 3 saturated heterocycles. The molecule has 100 valence electrons. The number of quaternary nitrogens is 1. The van der Waals surface area contributed by atoms with E-state index in [4.69, 9.17) is 23.4 Å². The summed E-state index contributed by atoms with van der Waals surface area (Å²) in [5.74, 6) is 0.0289. The molecule has 17 heavy (non-hydrogen) atoms. The first-order chi connectivity index (χ1) is 7.77. The van der Waals surface area contributed by atoms with E-state index >= 15 is 0 Å². The number of rotatable bonds is 1. The van der Waals surface area contributed by atoms with Gasteiger partial charge in [0.25, 0.3) is 0 Å². The Bertz CT molecular complexity index is 251. The highest BCUT2D eigenvalue weighted by Gasteiger charge is 2.48. The van der Waals surface area contributed by atoms with E-state index in [1.807, 2.05) is 0 Å². The molecule has 0 aromatic rings. The molecule has 3 rings (SSSR count). The van der Waals surface area contributed by atoms with Gasteiger partial charge in [-0.3, -0.25) is 4.79 Å². The third kappa shape index (κ3) is 4.38. The quantitative estimate of drug-likeness (QED) is 0.474. The van der Waals surface area contributed by atoms with E-state index in [0.29, 0.717) is 0 Å². The van der Waals surface area contributed by atoms with Crippen LogP contribution in [0.15, 0.2) is 0 Å². The van der Waals surface area contributed by atoms with Crippen LogP contribution >= 0.6 is 0 Å². The normalized spacial score (nSPS) is 31.5. The summed E-state index contributed by atoms with van der Waals surface area (Å²) >= 11 is 0. The van der Waals surface area contributed by atoms with Crippen LogP contribution < -0.4 is 23.5 Å². The number of halogens is 1. The number of fused-ring (bicyclic) bond motifs is 3. The third-order valence-electron chi connectivity index (χ3n) is 3.49. The Morgan fingerprint density at radius 1 is 1.12 bits per heavy atom. The minimum atomic E-state index is -4.94. The summed E-state index contributed by atoms with van der Waals surface area (Å²) < 4.78 is 38.8. The fourth-order valence-corrected chi connectivity index (χ4v) is 2.52. The molecule has 3 aliphatic rings. The lowest BCUT2D eigenvalue weighted by Crippen LogP contribution is -3.15. The fraction of sp³-hybridized carbons (Fsp3) is 0.889. The summed E-state index contributed by atoms with van der Waals surface area (Å²) in [6, 6.07) is 0. The second-order valence-electron chi connectivity index (χ2n) is 4.40. The molecule has 2 bridgehead atoms. The van der Waals surface area contributed by atoms with E-state index in [0.717, 1.165) is 38.9 Å². The Morgan fingerprint density at radius 3 is 1.76 bits per heavy atom. The minimum Gasteiger partial charge on any atom is -0.469 e. The highest BCUT2D eigenvalue weighted by Crippen LogP contribution is 2.34. The van der Waals surface area contributed by atoms with Gasteiger partial charge >= 0.3 is 5.97 Å². The third-order valence-corrected chi connectivity index (χ3v) is 3.49. The first-order valence-electron chi connectivity index (χ1n) is 5.31. The standard InChI is InChI=1S/C9H15NO2.ClHO4/c1-12-8(11)9-2-5-10(6-3-9)7-4-9;2-1(3,4)5/h2-7H2,1H3;(H,2,3,4,5). The Morgan fingerprint density at radius 2 is 1.47 bits per heavy atom. The number of carbonyl (C=O) groups is 1. The number of piperidine rings is 3. The summed E-state index contributed by atoms with van der Waals surface area (Å²) in [6.07, 6.45) is 3.11. The van der Waals surface area contributed by atoms with E-state index in [-0.39, 0.29) is 11.4 Å². The van der Waals surface area contributed by atoms with Crippen LogP contribution in [-0.2, 0) is 9.53 Å². The summed E-state index contributed by atoms with van der Waals surface area (Å²) in [7, 11) is -3.44. The van der Waals surface area contributed by atoms with Gasteiger partial charge in [0.05, 0.1) is 32.2 Å². The van der Waals surface area contributed by atoms with E-state index in [1.54, 1.807) is 4.90 Å². The van der Waals surface area contributed by atoms with Crippen LogP contribution in [0, 0.1) is 15.7 Å². The minimum absolute atomic E-state index is 0.0289. The van der Waals surface area contributed by atoms with Gasteiger partial charge < -0.3 is 9.64 Å². The predicted molar refractivity (Wildman–Crippen MR) is 43.9 cm³/mol. The molecule has 0 spiro atoms. The lowest BCUT2D eigenvalue weighted by Gasteiger charge is -2.43. The van der Waals surface area contributed by atoms with E-state index in [2.05, 4.69) is 0 Å². The van der Waals surface area contributed by atoms with Gasteiger partial charge in [0, 0.05) is 19.3 Å². The van der Waals surface area contributed by atoms with Crippen molar-refractivity contribution < 1.29 is 43.3 Å². The van der Waals surface area contributed by atoms with Crippen LogP contribution in [0.2, 0.25) is 0 Å². The van der Waals surface area contributed by atoms with Gasteiger partial charge in [0.15, 0.2) is 0 Å². The Balaban J connectivity index is 0.000000249. The van der Waals surface area contributed by atoms with Crippen LogP contribution in [0.4, 0.5) is 0 Å². The molecule has 0 radical (unpaired) electrons. The zero-order chi connectivity index (χ0) is 13.1. The molecule has 0 saturated carbocycles. The maximum atomic E-state index is 11.5. The van der Waals surface area contributed by atoms with E-state index < -0.39 is 10.2 Å². The summed E-state index contributed by atoms with van der Waals surface area (Å²) in [5.41, 5.74) is -0.0868. The molecule has 1 N–H and O–H groups in total. The molecule has 3 aliphatic heterocycles. The average molecular weight is 270 g/mol. The maximum Gasteiger partial charge on any atom is 0.312 e. The zero-order valence-corrected chi connectivity index (χ0v) is 10.3. The fourth-order valence-electron chi connectivity index (χ4n) is 2.52. The number of nitrogens with one attached hydrogen (secondary N) is 1. The van der Waals surface area contributed by atoms with Crippen molar-refractivity contribution in [1.29, 1.82) is 0 Å². The van der Waals surface area contributed by atoms with Gasteiger partial charge in [0.1, 0.15) is 0 Å². The van der Waals surface area contributed by atoms with Crippen LogP contribution in [0.1, 0.15) is 19.3 Å². The molecule has 0 aliphatic carbocycles. The first-order valence-corrected chi connectivity index (χ1v) is 6.54. The van der Waals surface area contributed by atoms with Gasteiger partial charge in [-0.1, -0.05) is 0 Å². The first kappa shape index (κ1) is 14.6. The molecule has 0 aromatic carbocycles. The Hall–Kier alpha value is -0.440. The molecular weight excluding hydrogens is 254 g/mol. The van der Waals surface area contributed by atoms with Crippen LogP contribution in [0.5, 0.6) is 0 Å². The van der Waals surface area contributed by atoms with Gasteiger partial charge in [-0.15, -0.1) is 10.2 Å². The average Bonchev–Trinajstić information content (AvgIpc) is 2.28. The van der Waals surface area contributed by atoms with Gasteiger partial charge in [-0.2, -0.15) is 0 Å². The van der Waals surface area contributed by atoms with Crippen molar-refractivity contribution in [2.45, 2.75) is 19.3 Å². The highest BCUT2D eigenvalue weighted by molar-refractivity contribution is 5.76. The molecule has 8 heteroatoms. The van der Waals surface area contributed by atoms with Crippen molar-refractivity contribution in [2.75, 3.05) is 26.7 Å². The number of carbonyl (C=O) groups excluding carboxylic acids is 1. The molecule has 0 atom stereocenters. The van der Waals surface area contributed by atoms with Crippen molar-refractivity contribution >= 4 is 5.97 Å². The number of hydrogen-bond acceptors (Lipinski definition) is 6. The molecule has 0 aromatic heterocycles. The van der Waals surface area contributed by atoms with Crippen molar-refractivity contribution in [3.8, 4) is 0 Å². The maximum absolute atomic E-state index is 11.5. The highest BCUT2D eigenvalue weighted by atomic mass is 35.7. The molecule has 0 amide bonds. The van der Waals surface area contributed by atoms with Gasteiger partial charge in [0.2, 0.25) is 0 Å². The number of methoxy groups -OCH3 is 1. The molecule has 3 fully saturated rings. The predicted octanol–water partition coefficient (Wildman–Crippen LogP) is -5.53. The van der Waals surface area contributed by atoms with Crippen molar-refractivity contribution in [1.82, 2.24) is 0 Å². The summed E-state index contributed by atoms with van der Waals surface area (Å²) in [6.45, 7) is 3.49. The number of ether oxygens (including phenoxy) is 1. The van der Waals surface area contributed by atoms with Crippen molar-refractivity contribution in [3.05, 3.63) is 0 Å². The van der Waals surface area contributed by atoms with Crippen molar-refractivity contribution in [2.24, 2.45) is 5.41 Å². The van der Waals surface area contributed by atoms with Crippen LogP contribution in [0.25, 0.3) is 0 Å². The smallest absolute Gasteiger partial charge is 0.312 e. The van der Waals surface area contributed by atoms with Gasteiger partial charge in [-0.05, 0) is 0 Å². The monoisotopic (exact) mass is 269 g/mol. The molecular formula is C9H16ClNO6. The number of esters is 1. The zero-order valence-electron chi connectivity index (χ0n) is 9.57. The molecule has 7 nitrogen and oxygen atoms in total. The lowest BCUT2D eigenvalue weighted by molar-refractivity contribution is -2.00. The molecule has 3 heterocycles. The van der Waals surface area contributed by atoms with Crippen molar-refractivity contribution in [3.63, 3.8) is 0 Å². The second kappa shape index (κ2) is 5.47. The van der Waals surface area contributed by atoms with E-state index in [1.165, 1.54) is 7.11 Å². The van der Waals surface area contributed by atoms with E-state index in [9.17, 15) is 4.79 Å². The second-order valence-corrected chi connectivity index (χ2v) is 5.16. The number of hydrogen-bond donors (Lipinski definition) is 1. The summed E-state index contributed by atoms with van der Waals surface area (Å²) in [4.78, 5) is 13.2. The van der Waals surface area contributed by atoms with Gasteiger partial charge in [-0.25, -0.2) is 18.6 Å². The Labute approximate surface area is 101 Å². The Kier molecular flexibility index (Phi) is 4.70. The SMILES string of the molecule is COC(=O)C12CC[NH+](CC1)CC2.[O-][Cl+3]([O-])([O-])[O-]. The lowest BCUT2D eigenvalue weighted by atomic mass is 9.72. The topological polar surface area (TPSA) is 123 Å².